The van der Waals surface area contributed by atoms with Crippen molar-refractivity contribution in [3.05, 3.63) is 83.2 Å². The largest absolute Gasteiger partial charge is 0.457 e. The number of ether oxygens (including phenoxy) is 4. The number of benzene rings is 2. The molecule has 0 aliphatic carbocycles. The number of hydrogen-bond donors (Lipinski definition) is 7. The maximum atomic E-state index is 12.0. The van der Waals surface area contributed by atoms with Crippen molar-refractivity contribution in [2.24, 2.45) is 0 Å². The highest BCUT2D eigenvalue weighted by Gasteiger charge is 2.35. The first-order valence-electron chi connectivity index (χ1n) is 17.4. The molecule has 4 heterocycles. The van der Waals surface area contributed by atoms with Crippen molar-refractivity contribution in [3.8, 4) is 23.0 Å². The van der Waals surface area contributed by atoms with Crippen LogP contribution in [0.4, 0.5) is 44.0 Å². The van der Waals surface area contributed by atoms with E-state index < -0.39 is 31.2 Å². The van der Waals surface area contributed by atoms with Gasteiger partial charge in [-0.1, -0.05) is 0 Å². The van der Waals surface area contributed by atoms with Gasteiger partial charge in [0.1, 0.15) is 52.5 Å². The minimum atomic E-state index is -0.668. The molecule has 20 nitrogen and oxygen atoms in total. The standard InChI is InChI=1S/C17H20BN5O6.C17H22BN5O4.H2/c1-18(25)22-9-13(10-22)29-17(24)21-16-8-12(5-6-20-16)28-11-3-4-14(19-2)15(7-11)23(26)27;1-18(25)23-9-13(10-23)27-17(24)22-16-8-12(5-6-21-16)26-11-3-4-15(20-2)14(19)7-11;/h3-8,13,19,25H,9-10H2,1-2H3,(H,20,21,24);3-8,13,20,25H,9-10,19H2,1-2H3,(H,21,22,24);1H. The number of aromatic nitrogens is 2. The predicted octanol–water partition coefficient (Wildman–Crippen LogP) is 4.25. The molecule has 2 aliphatic heterocycles. The summed E-state index contributed by atoms with van der Waals surface area (Å²) < 4.78 is 21.9. The van der Waals surface area contributed by atoms with Crippen LogP contribution < -0.4 is 36.5 Å². The average molecular weight is 774 g/mol. The van der Waals surface area contributed by atoms with E-state index in [0.717, 1.165) is 5.69 Å². The number of hydrogen-bond acceptors (Lipinski definition) is 17. The van der Waals surface area contributed by atoms with Crippen molar-refractivity contribution in [2.75, 3.05) is 67.3 Å². The summed E-state index contributed by atoms with van der Waals surface area (Å²) in [4.78, 5) is 46.2. The van der Waals surface area contributed by atoms with Gasteiger partial charge in [0, 0.05) is 72.3 Å². The summed E-state index contributed by atoms with van der Waals surface area (Å²) in [7, 11) is 2.26. The highest BCUT2D eigenvalue weighted by atomic mass is 16.6. The van der Waals surface area contributed by atoms with Crippen LogP contribution >= 0.6 is 0 Å². The number of carbonyl (C=O) groups excluding carboxylic acids is 2. The number of nitrogen functional groups attached to an aromatic ring is 1. The number of rotatable bonds is 13. The van der Waals surface area contributed by atoms with Crippen molar-refractivity contribution >= 4 is 60.7 Å². The maximum absolute atomic E-state index is 12.0. The molecule has 0 radical (unpaired) electrons. The predicted molar refractivity (Wildman–Crippen MR) is 212 cm³/mol. The highest BCUT2D eigenvalue weighted by Crippen LogP contribution is 2.32. The minimum Gasteiger partial charge on any atom is -0.457 e. The summed E-state index contributed by atoms with van der Waals surface area (Å²) in [6.45, 7) is 5.25. The molecular weight excluding hydrogens is 730 g/mol. The number of amides is 2. The Hall–Kier alpha value is -6.35. The van der Waals surface area contributed by atoms with Gasteiger partial charge in [-0.3, -0.25) is 20.7 Å². The van der Waals surface area contributed by atoms with Gasteiger partial charge in [0.05, 0.1) is 22.4 Å². The van der Waals surface area contributed by atoms with E-state index in [2.05, 4.69) is 31.2 Å². The maximum Gasteiger partial charge on any atom is 0.413 e. The van der Waals surface area contributed by atoms with Crippen LogP contribution in [0, 0.1) is 10.1 Å². The van der Waals surface area contributed by atoms with Gasteiger partial charge in [0.2, 0.25) is 0 Å². The number of nitro groups is 1. The number of pyridine rings is 2. The lowest BCUT2D eigenvalue weighted by molar-refractivity contribution is -0.384. The molecule has 0 atom stereocenters. The van der Waals surface area contributed by atoms with Gasteiger partial charge in [-0.2, -0.15) is 0 Å². The van der Waals surface area contributed by atoms with Crippen molar-refractivity contribution in [1.82, 2.24) is 19.6 Å². The lowest BCUT2D eigenvalue weighted by Crippen LogP contribution is -2.58. The molecule has 8 N–H and O–H groups in total. The normalized spacial score (nSPS) is 14.0. The van der Waals surface area contributed by atoms with Crippen LogP contribution in [0.1, 0.15) is 1.43 Å². The summed E-state index contributed by atoms with van der Waals surface area (Å²) >= 11 is 0. The molecule has 2 aromatic heterocycles. The third-order valence-electron chi connectivity index (χ3n) is 8.48. The fourth-order valence-electron chi connectivity index (χ4n) is 5.40. The van der Waals surface area contributed by atoms with E-state index >= 15 is 0 Å². The molecule has 2 aromatic carbocycles. The number of nitro benzene ring substituents is 1. The van der Waals surface area contributed by atoms with Crippen molar-refractivity contribution in [2.45, 2.75) is 25.9 Å². The van der Waals surface area contributed by atoms with Gasteiger partial charge >= 0.3 is 26.3 Å². The molecular formula is C34H44B2N10O10. The van der Waals surface area contributed by atoms with Crippen molar-refractivity contribution < 1.29 is 44.9 Å². The van der Waals surface area contributed by atoms with Crippen molar-refractivity contribution in [1.29, 1.82) is 0 Å². The van der Waals surface area contributed by atoms with E-state index in [0.29, 0.717) is 60.6 Å². The van der Waals surface area contributed by atoms with Gasteiger partial charge < -0.3 is 55.0 Å². The summed E-state index contributed by atoms with van der Waals surface area (Å²) in [5, 5.41) is 40.8. The van der Waals surface area contributed by atoms with E-state index in [1.807, 2.05) is 6.07 Å². The van der Waals surface area contributed by atoms with E-state index in [1.54, 1.807) is 79.8 Å². The summed E-state index contributed by atoms with van der Waals surface area (Å²) in [5.41, 5.74) is 7.56. The number of nitrogens with zero attached hydrogens (tertiary/aromatic N) is 5. The Morgan fingerprint density at radius 1 is 0.768 bits per heavy atom. The van der Waals surface area contributed by atoms with Crippen LogP contribution in [0.15, 0.2) is 73.1 Å². The van der Waals surface area contributed by atoms with E-state index in [4.69, 9.17) is 24.7 Å². The molecule has 4 aromatic rings. The molecule has 2 fully saturated rings. The SMILES string of the molecule is CNc1ccc(Oc2ccnc(NC(=O)OC3CN(B(C)O)C3)c2)cc1N.CNc1ccc(Oc2ccnc(NC(=O)OC3CN(B(C)O)C3)c2)cc1[N+](=O)[O-].[HH]. The minimum absolute atomic E-state index is 0. The lowest BCUT2D eigenvalue weighted by atomic mass is 9.81. The summed E-state index contributed by atoms with van der Waals surface area (Å²) in [6.07, 6.45) is 1.15. The molecule has 6 rings (SSSR count). The Kier molecular flexibility index (Phi) is 13.7. The third kappa shape index (κ3) is 11.3. The number of carbonyl (C=O) groups is 2. The second kappa shape index (κ2) is 18.8. The number of nitrogens with one attached hydrogen (secondary N) is 4. The van der Waals surface area contributed by atoms with Crippen LogP contribution in [0.25, 0.3) is 0 Å². The second-order valence-corrected chi connectivity index (χ2v) is 12.6. The first-order valence-corrected chi connectivity index (χ1v) is 17.4. The lowest BCUT2D eigenvalue weighted by Gasteiger charge is -2.38. The van der Waals surface area contributed by atoms with Gasteiger partial charge in [-0.25, -0.2) is 19.6 Å². The zero-order chi connectivity index (χ0) is 40.4. The van der Waals surface area contributed by atoms with E-state index in [-0.39, 0.29) is 30.9 Å². The topological polar surface area (TPSA) is 261 Å². The zero-order valence-corrected chi connectivity index (χ0v) is 31.0. The monoisotopic (exact) mass is 774 g/mol. The van der Waals surface area contributed by atoms with Crippen LogP contribution in [0.3, 0.4) is 0 Å². The number of anilines is 5. The molecule has 0 spiro atoms. The molecule has 0 saturated carbocycles. The molecule has 22 heteroatoms. The van der Waals surface area contributed by atoms with Gasteiger partial charge in [0.25, 0.3) is 5.69 Å². The molecule has 2 amide bonds. The fourth-order valence-corrected chi connectivity index (χ4v) is 5.40. The molecule has 296 valence electrons. The molecule has 2 aliphatic rings. The Bertz CT molecular complexity index is 2010. The molecule has 2 saturated heterocycles. The Morgan fingerprint density at radius 3 is 1.61 bits per heavy atom. The number of nitrogens with two attached hydrogens (primary N) is 1. The smallest absolute Gasteiger partial charge is 0.413 e. The van der Waals surface area contributed by atoms with E-state index in [9.17, 15) is 29.8 Å². The van der Waals surface area contributed by atoms with Crippen molar-refractivity contribution in [3.63, 3.8) is 0 Å². The summed E-state index contributed by atoms with van der Waals surface area (Å²) in [5.74, 6) is 2.19. The Labute approximate surface area is 324 Å². The molecule has 0 bridgehead atoms. The first-order chi connectivity index (χ1) is 26.8. The zero-order valence-electron chi connectivity index (χ0n) is 31.0. The highest BCUT2D eigenvalue weighted by molar-refractivity contribution is 6.45. The Balaban J connectivity index is 0.000000249. The van der Waals surface area contributed by atoms with E-state index in [1.165, 1.54) is 24.5 Å². The van der Waals surface area contributed by atoms with Crippen LogP contribution in [-0.4, -0.2) is 113 Å². The van der Waals surface area contributed by atoms with Gasteiger partial charge in [0.15, 0.2) is 0 Å². The van der Waals surface area contributed by atoms with Crippen LogP contribution in [0.2, 0.25) is 13.6 Å². The fraction of sp³-hybridized carbons (Fsp3) is 0.294. The quantitative estimate of drug-likeness (QED) is 0.0433. The summed E-state index contributed by atoms with van der Waals surface area (Å²) in [6, 6.07) is 16.0. The molecule has 56 heavy (non-hydrogen) atoms. The van der Waals surface area contributed by atoms with Gasteiger partial charge in [-0.05, 0) is 50.0 Å². The van der Waals surface area contributed by atoms with Crippen LogP contribution in [-0.2, 0) is 9.47 Å². The van der Waals surface area contributed by atoms with Gasteiger partial charge in [-0.15, -0.1) is 0 Å². The second-order valence-electron chi connectivity index (χ2n) is 12.6. The third-order valence-corrected chi connectivity index (χ3v) is 8.48. The Morgan fingerprint density at radius 2 is 1.20 bits per heavy atom. The first kappa shape index (κ1) is 40.8. The average Bonchev–Trinajstić information content (AvgIpc) is 3.11. The molecule has 0 unspecified atom stereocenters. The van der Waals surface area contributed by atoms with Crippen LogP contribution in [0.5, 0.6) is 23.0 Å².